The number of halogens is 3. The van der Waals surface area contributed by atoms with Crippen LogP contribution in [0.25, 0.3) is 0 Å². The Morgan fingerprint density at radius 2 is 1.35 bits per heavy atom. The maximum Gasteiger partial charge on any atom is 0.416 e. The molecule has 0 saturated heterocycles. The highest BCUT2D eigenvalue weighted by molar-refractivity contribution is 6.04. The van der Waals surface area contributed by atoms with E-state index in [2.05, 4.69) is 5.32 Å². The summed E-state index contributed by atoms with van der Waals surface area (Å²) in [6.45, 7) is 0. The van der Waals surface area contributed by atoms with Crippen LogP contribution >= 0.6 is 0 Å². The van der Waals surface area contributed by atoms with Crippen molar-refractivity contribution in [3.05, 3.63) is 59.2 Å². The molecule has 0 amide bonds. The molecule has 0 aliphatic rings. The molecule has 23 heavy (non-hydrogen) atoms. The second kappa shape index (κ2) is 5.99. The number of carboxylic acid groups (broad SMARTS) is 2. The summed E-state index contributed by atoms with van der Waals surface area (Å²) in [6.07, 6.45) is -4.50. The van der Waals surface area contributed by atoms with E-state index in [1.54, 1.807) is 0 Å². The van der Waals surface area contributed by atoms with Gasteiger partial charge in [-0.25, -0.2) is 9.59 Å². The number of nitrogens with one attached hydrogen (secondary N) is 1. The average Bonchev–Trinajstić information content (AvgIpc) is 2.46. The monoisotopic (exact) mass is 325 g/mol. The number of rotatable bonds is 4. The van der Waals surface area contributed by atoms with Gasteiger partial charge < -0.3 is 15.5 Å². The van der Waals surface area contributed by atoms with Crippen LogP contribution in [0, 0.1) is 0 Å². The van der Waals surface area contributed by atoms with Crippen LogP contribution in [-0.4, -0.2) is 22.2 Å². The highest BCUT2D eigenvalue weighted by Gasteiger charge is 2.30. The van der Waals surface area contributed by atoms with Crippen LogP contribution in [0.3, 0.4) is 0 Å². The molecule has 0 bridgehead atoms. The zero-order chi connectivity index (χ0) is 17.2. The van der Waals surface area contributed by atoms with Crippen molar-refractivity contribution in [1.29, 1.82) is 0 Å². The number of hydrogen-bond acceptors (Lipinski definition) is 3. The number of aromatic carboxylic acids is 2. The van der Waals surface area contributed by atoms with Crippen molar-refractivity contribution in [2.45, 2.75) is 6.18 Å². The molecule has 0 heterocycles. The second-order valence-corrected chi connectivity index (χ2v) is 4.54. The highest BCUT2D eigenvalue weighted by atomic mass is 19.4. The largest absolute Gasteiger partial charge is 0.478 e. The van der Waals surface area contributed by atoms with E-state index in [0.717, 1.165) is 24.3 Å². The molecular formula is C15H10F3NO4. The van der Waals surface area contributed by atoms with E-state index in [1.165, 1.54) is 18.2 Å². The molecule has 0 saturated carbocycles. The van der Waals surface area contributed by atoms with Crippen LogP contribution in [0.2, 0.25) is 0 Å². The van der Waals surface area contributed by atoms with Gasteiger partial charge in [-0.05, 0) is 36.4 Å². The van der Waals surface area contributed by atoms with Gasteiger partial charge in [-0.3, -0.25) is 0 Å². The Bertz CT molecular complexity index is 722. The van der Waals surface area contributed by atoms with Gasteiger partial charge >= 0.3 is 18.1 Å². The van der Waals surface area contributed by atoms with E-state index in [9.17, 15) is 22.8 Å². The standard InChI is InChI=1S/C15H10F3NO4/c16-15(17,18)8-4-6-9(7-5-8)19-12-10(13(20)21)2-1-3-11(12)14(22)23/h1-7,19H,(H,20,21)(H,22,23). The SMILES string of the molecule is O=C(O)c1cccc(C(=O)O)c1Nc1ccc(C(F)(F)F)cc1. The average molecular weight is 325 g/mol. The molecule has 0 aliphatic carbocycles. The number of carbonyl (C=O) groups is 2. The minimum atomic E-state index is -4.50. The lowest BCUT2D eigenvalue weighted by Gasteiger charge is -2.13. The quantitative estimate of drug-likeness (QED) is 0.795. The predicted octanol–water partition coefficient (Wildman–Crippen LogP) is 3.85. The predicted molar refractivity (Wildman–Crippen MR) is 75.1 cm³/mol. The summed E-state index contributed by atoms with van der Waals surface area (Å²) in [4.78, 5) is 22.4. The molecule has 3 N–H and O–H groups in total. The van der Waals surface area contributed by atoms with E-state index < -0.39 is 23.7 Å². The zero-order valence-electron chi connectivity index (χ0n) is 11.4. The van der Waals surface area contributed by atoms with E-state index >= 15 is 0 Å². The fourth-order valence-corrected chi connectivity index (χ4v) is 1.93. The van der Waals surface area contributed by atoms with Gasteiger partial charge in [-0.15, -0.1) is 0 Å². The summed E-state index contributed by atoms with van der Waals surface area (Å²) < 4.78 is 37.5. The molecule has 2 aromatic carbocycles. The van der Waals surface area contributed by atoms with Crippen molar-refractivity contribution in [3.8, 4) is 0 Å². The van der Waals surface area contributed by atoms with Gasteiger partial charge in [0.25, 0.3) is 0 Å². The van der Waals surface area contributed by atoms with Gasteiger partial charge in [-0.1, -0.05) is 6.07 Å². The van der Waals surface area contributed by atoms with Crippen LogP contribution in [-0.2, 0) is 6.18 Å². The van der Waals surface area contributed by atoms with Crippen LogP contribution in [0.15, 0.2) is 42.5 Å². The summed E-state index contributed by atoms with van der Waals surface area (Å²) in [5.41, 5.74) is -1.54. The molecule has 120 valence electrons. The van der Waals surface area contributed by atoms with Crippen LogP contribution in [0.1, 0.15) is 26.3 Å². The summed E-state index contributed by atoms with van der Waals surface area (Å²) in [7, 11) is 0. The van der Waals surface area contributed by atoms with Crippen LogP contribution < -0.4 is 5.32 Å². The van der Waals surface area contributed by atoms with E-state index in [0.29, 0.717) is 0 Å². The number of hydrogen-bond donors (Lipinski definition) is 3. The van der Waals surface area contributed by atoms with Gasteiger partial charge in [0.05, 0.1) is 22.4 Å². The molecule has 0 aromatic heterocycles. The first-order valence-electron chi connectivity index (χ1n) is 6.24. The Hall–Kier alpha value is -3.03. The smallest absolute Gasteiger partial charge is 0.416 e. The third-order valence-electron chi connectivity index (χ3n) is 3.01. The van der Waals surface area contributed by atoms with Gasteiger partial charge in [0.1, 0.15) is 0 Å². The minimum Gasteiger partial charge on any atom is -0.478 e. The van der Waals surface area contributed by atoms with Crippen molar-refractivity contribution < 1.29 is 33.0 Å². The number of anilines is 2. The third kappa shape index (κ3) is 3.60. The number of benzene rings is 2. The Kier molecular flexibility index (Phi) is 4.26. The van der Waals surface area contributed by atoms with E-state index in [1.807, 2.05) is 0 Å². The van der Waals surface area contributed by atoms with Crippen molar-refractivity contribution in [1.82, 2.24) is 0 Å². The van der Waals surface area contributed by atoms with Crippen LogP contribution in [0.5, 0.6) is 0 Å². The summed E-state index contributed by atoms with van der Waals surface area (Å²) in [6, 6.07) is 7.46. The zero-order valence-corrected chi connectivity index (χ0v) is 11.4. The van der Waals surface area contributed by atoms with E-state index in [4.69, 9.17) is 10.2 Å². The lowest BCUT2D eigenvalue weighted by atomic mass is 10.1. The molecule has 0 atom stereocenters. The van der Waals surface area contributed by atoms with Gasteiger partial charge in [0.2, 0.25) is 0 Å². The van der Waals surface area contributed by atoms with Crippen LogP contribution in [0.4, 0.5) is 24.5 Å². The fraction of sp³-hybridized carbons (Fsp3) is 0.0667. The molecule has 0 fully saturated rings. The molecule has 0 spiro atoms. The fourth-order valence-electron chi connectivity index (χ4n) is 1.93. The second-order valence-electron chi connectivity index (χ2n) is 4.54. The molecule has 5 nitrogen and oxygen atoms in total. The lowest BCUT2D eigenvalue weighted by Crippen LogP contribution is -2.09. The normalized spacial score (nSPS) is 11.1. The number of carboxylic acids is 2. The molecule has 0 radical (unpaired) electrons. The molecule has 2 aromatic rings. The van der Waals surface area contributed by atoms with Crippen molar-refractivity contribution in [2.24, 2.45) is 0 Å². The Labute approximate surface area is 128 Å². The van der Waals surface area contributed by atoms with Gasteiger partial charge in [0, 0.05) is 5.69 Å². The maximum atomic E-state index is 12.5. The van der Waals surface area contributed by atoms with Crippen molar-refractivity contribution in [2.75, 3.05) is 5.32 Å². The Balaban J connectivity index is 2.43. The maximum absolute atomic E-state index is 12.5. The minimum absolute atomic E-state index is 0.134. The van der Waals surface area contributed by atoms with Gasteiger partial charge in [-0.2, -0.15) is 13.2 Å². The first-order chi connectivity index (χ1) is 10.7. The first-order valence-corrected chi connectivity index (χ1v) is 6.24. The molecule has 8 heteroatoms. The molecule has 0 unspecified atom stereocenters. The Morgan fingerprint density at radius 3 is 1.74 bits per heavy atom. The Morgan fingerprint density at radius 1 is 0.870 bits per heavy atom. The number of alkyl halides is 3. The number of para-hydroxylation sites is 1. The van der Waals surface area contributed by atoms with E-state index in [-0.39, 0.29) is 22.5 Å². The van der Waals surface area contributed by atoms with Crippen molar-refractivity contribution in [3.63, 3.8) is 0 Å². The molecular weight excluding hydrogens is 315 g/mol. The van der Waals surface area contributed by atoms with Crippen molar-refractivity contribution >= 4 is 23.3 Å². The first kappa shape index (κ1) is 16.3. The summed E-state index contributed by atoms with van der Waals surface area (Å²) in [5, 5.41) is 20.8. The summed E-state index contributed by atoms with van der Waals surface area (Å²) >= 11 is 0. The van der Waals surface area contributed by atoms with Gasteiger partial charge in [0.15, 0.2) is 0 Å². The highest BCUT2D eigenvalue weighted by Crippen LogP contribution is 2.31. The molecule has 2 rings (SSSR count). The summed E-state index contributed by atoms with van der Waals surface area (Å²) in [5.74, 6) is -2.72. The topological polar surface area (TPSA) is 86.6 Å². The molecule has 0 aliphatic heterocycles. The third-order valence-corrected chi connectivity index (χ3v) is 3.01. The lowest BCUT2D eigenvalue weighted by molar-refractivity contribution is -0.137.